The third-order valence-electron chi connectivity index (χ3n) is 8.76. The van der Waals surface area contributed by atoms with Crippen LogP contribution < -0.4 is 0 Å². The van der Waals surface area contributed by atoms with Gasteiger partial charge in [-0.2, -0.15) is 13.2 Å². The molecule has 2 fully saturated rings. The van der Waals surface area contributed by atoms with Crippen molar-refractivity contribution < 1.29 is 35.2 Å². The minimum absolute atomic E-state index is 0.00475. The van der Waals surface area contributed by atoms with Gasteiger partial charge in [0.1, 0.15) is 5.82 Å². The normalized spacial score (nSPS) is 28.0. The van der Waals surface area contributed by atoms with E-state index >= 15 is 0 Å². The van der Waals surface area contributed by atoms with Crippen LogP contribution in [-0.4, -0.2) is 49.5 Å². The molecule has 38 heavy (non-hydrogen) atoms. The van der Waals surface area contributed by atoms with Crippen LogP contribution in [0.1, 0.15) is 54.9 Å². The number of nitrogens with zero attached hydrogens (tertiary/aromatic N) is 1. The average molecular weight is 556 g/mol. The van der Waals surface area contributed by atoms with Crippen molar-refractivity contribution in [1.29, 1.82) is 0 Å². The second-order valence-electron chi connectivity index (χ2n) is 11.2. The third kappa shape index (κ3) is 4.73. The Labute approximate surface area is 219 Å². The summed E-state index contributed by atoms with van der Waals surface area (Å²) in [5, 5.41) is 0. The summed E-state index contributed by atoms with van der Waals surface area (Å²) < 4.78 is 92.5. The molecule has 2 aromatic carbocycles. The van der Waals surface area contributed by atoms with E-state index in [1.54, 1.807) is 23.1 Å². The molecule has 0 saturated carbocycles. The van der Waals surface area contributed by atoms with Crippen molar-refractivity contribution in [2.45, 2.75) is 68.8 Å². The number of benzene rings is 2. The summed E-state index contributed by atoms with van der Waals surface area (Å²) in [5.74, 6) is -0.635. The van der Waals surface area contributed by atoms with Gasteiger partial charge in [-0.3, -0.25) is 4.79 Å². The van der Waals surface area contributed by atoms with Gasteiger partial charge in [-0.15, -0.1) is 0 Å². The number of fused-ring (bicyclic) bond motifs is 3. The number of alkyl halides is 4. The van der Waals surface area contributed by atoms with E-state index in [4.69, 9.17) is 0 Å². The Hall–Kier alpha value is -2.49. The van der Waals surface area contributed by atoms with Gasteiger partial charge in [-0.05, 0) is 79.3 Å². The first kappa shape index (κ1) is 27.1. The van der Waals surface area contributed by atoms with Crippen LogP contribution in [0.25, 0.3) is 0 Å². The molecule has 2 aromatic rings. The lowest BCUT2D eigenvalue weighted by molar-refractivity contribution is -0.228. The fourth-order valence-electron chi connectivity index (χ4n) is 6.68. The molecule has 206 valence electrons. The molecule has 0 N–H and O–H groups in total. The van der Waals surface area contributed by atoms with Crippen molar-refractivity contribution in [2.75, 3.05) is 18.1 Å². The zero-order valence-corrected chi connectivity index (χ0v) is 21.8. The van der Waals surface area contributed by atoms with Crippen LogP contribution >= 0.6 is 0 Å². The average Bonchev–Trinajstić information content (AvgIpc) is 3.39. The zero-order valence-electron chi connectivity index (χ0n) is 21.0. The Morgan fingerprint density at radius 1 is 1.08 bits per heavy atom. The highest BCUT2D eigenvalue weighted by Gasteiger charge is 2.55. The van der Waals surface area contributed by atoms with E-state index in [9.17, 15) is 35.2 Å². The summed E-state index contributed by atoms with van der Waals surface area (Å²) in [4.78, 5) is 15.2. The van der Waals surface area contributed by atoms with Crippen LogP contribution in [0.4, 0.5) is 22.0 Å². The third-order valence-corrected chi connectivity index (χ3v) is 10.6. The number of rotatable bonds is 5. The van der Waals surface area contributed by atoms with Crippen LogP contribution in [0, 0.1) is 11.7 Å². The number of carbonyl (C=O) groups is 1. The molecule has 1 aliphatic carbocycles. The van der Waals surface area contributed by atoms with Crippen LogP contribution in [-0.2, 0) is 38.6 Å². The van der Waals surface area contributed by atoms with E-state index < -0.39 is 32.7 Å². The van der Waals surface area contributed by atoms with Gasteiger partial charge < -0.3 is 4.90 Å². The highest BCUT2D eigenvalue weighted by atomic mass is 32.2. The number of sulfone groups is 1. The molecule has 2 heterocycles. The summed E-state index contributed by atoms with van der Waals surface area (Å²) in [7, 11) is -3.12. The van der Waals surface area contributed by atoms with Gasteiger partial charge in [-0.25, -0.2) is 17.2 Å². The Bertz CT molecular complexity index is 1340. The van der Waals surface area contributed by atoms with Crippen LogP contribution in [0.15, 0.2) is 42.5 Å². The number of hydrogen-bond donors (Lipinski definition) is 0. The van der Waals surface area contributed by atoms with Gasteiger partial charge >= 0.3 is 6.18 Å². The molecule has 0 spiro atoms. The van der Waals surface area contributed by atoms with Gasteiger partial charge in [0.05, 0.1) is 11.5 Å². The van der Waals surface area contributed by atoms with E-state index in [1.807, 2.05) is 0 Å². The Morgan fingerprint density at radius 2 is 1.79 bits per heavy atom. The molecular formula is C28H30F5NO3S. The zero-order chi connectivity index (χ0) is 27.5. The number of carbonyl (C=O) groups excluding carboxylic acids is 1. The van der Waals surface area contributed by atoms with Crippen molar-refractivity contribution in [2.24, 2.45) is 5.92 Å². The quantitative estimate of drug-likeness (QED) is 0.463. The molecule has 4 nitrogen and oxygen atoms in total. The highest BCUT2D eigenvalue weighted by molar-refractivity contribution is 7.91. The minimum atomic E-state index is -5.06. The monoisotopic (exact) mass is 555 g/mol. The van der Waals surface area contributed by atoms with E-state index in [-0.39, 0.29) is 41.6 Å². The largest absolute Gasteiger partial charge is 0.426 e. The van der Waals surface area contributed by atoms with Crippen molar-refractivity contribution >= 4 is 15.7 Å². The summed E-state index contributed by atoms with van der Waals surface area (Å²) in [5.41, 5.74) is -2.33. The summed E-state index contributed by atoms with van der Waals surface area (Å²) in [6.07, 6.45) is -2.61. The van der Waals surface area contributed by atoms with Crippen LogP contribution in [0.2, 0.25) is 0 Å². The molecule has 0 radical (unpaired) electrons. The first-order chi connectivity index (χ1) is 17.7. The lowest BCUT2D eigenvalue weighted by Crippen LogP contribution is -2.49. The molecule has 10 heteroatoms. The maximum atomic E-state index is 14.8. The van der Waals surface area contributed by atoms with Crippen molar-refractivity contribution in [3.63, 3.8) is 0 Å². The number of amides is 1. The molecule has 2 saturated heterocycles. The van der Waals surface area contributed by atoms with Crippen molar-refractivity contribution in [3.05, 3.63) is 70.5 Å². The molecular weight excluding hydrogens is 525 g/mol. The van der Waals surface area contributed by atoms with Gasteiger partial charge in [0.25, 0.3) is 0 Å². The SMILES string of the molecule is CC(F)(c1ccc2c(c1)CC[C@H]1N(C(=O)CC3CCS(=O)(=O)C3)CC[C@@]21Cc1ccc(F)cc1)C(F)(F)F. The first-order valence-electron chi connectivity index (χ1n) is 12.9. The van der Waals surface area contributed by atoms with Gasteiger partial charge in [0, 0.05) is 24.4 Å². The lowest BCUT2D eigenvalue weighted by Gasteiger charge is -2.44. The molecule has 3 aliphatic rings. The standard InChI is InChI=1S/C28H30F5NO3S/c1-26(30,28(31,32)33)21-5-8-23-20(15-21)4-9-24-27(23,16-18-2-6-22(29)7-3-18)11-12-34(24)25(35)14-19-10-13-38(36,37)17-19/h2-3,5-8,15,19,24H,4,9-14,16-17H2,1H3/t19?,24-,26?,27-/m1/s1. The van der Waals surface area contributed by atoms with Gasteiger partial charge in [-0.1, -0.05) is 30.3 Å². The predicted molar refractivity (Wildman–Crippen MR) is 133 cm³/mol. The number of aryl methyl sites for hydroxylation is 1. The Morgan fingerprint density at radius 3 is 2.42 bits per heavy atom. The van der Waals surface area contributed by atoms with Crippen molar-refractivity contribution in [1.82, 2.24) is 4.90 Å². The van der Waals surface area contributed by atoms with Crippen LogP contribution in [0.5, 0.6) is 0 Å². The number of likely N-dealkylation sites (tertiary alicyclic amines) is 1. The first-order valence-corrected chi connectivity index (χ1v) is 14.7. The highest BCUT2D eigenvalue weighted by Crippen LogP contribution is 2.51. The maximum Gasteiger partial charge on any atom is 0.426 e. The second kappa shape index (κ2) is 9.31. The van der Waals surface area contributed by atoms with E-state index in [2.05, 4.69) is 0 Å². The Kier molecular flexibility index (Phi) is 6.64. The molecule has 4 atom stereocenters. The molecule has 0 aromatic heterocycles. The summed E-state index contributed by atoms with van der Waals surface area (Å²) in [6.45, 7) is 0.947. The number of halogens is 5. The molecule has 0 bridgehead atoms. The fourth-order valence-corrected chi connectivity index (χ4v) is 8.55. The molecule has 2 unspecified atom stereocenters. The molecule has 2 aliphatic heterocycles. The summed E-state index contributed by atoms with van der Waals surface area (Å²) >= 11 is 0. The lowest BCUT2D eigenvalue weighted by atomic mass is 9.63. The summed E-state index contributed by atoms with van der Waals surface area (Å²) in [6, 6.07) is 9.85. The molecule has 5 rings (SSSR count). The topological polar surface area (TPSA) is 54.5 Å². The minimum Gasteiger partial charge on any atom is -0.339 e. The Balaban J connectivity index is 1.50. The van der Waals surface area contributed by atoms with Crippen LogP contribution in [0.3, 0.4) is 0 Å². The maximum absolute atomic E-state index is 14.8. The fraction of sp³-hybridized carbons (Fsp3) is 0.536. The van der Waals surface area contributed by atoms with Gasteiger partial charge in [0.15, 0.2) is 9.84 Å². The van der Waals surface area contributed by atoms with E-state index in [0.717, 1.165) is 11.1 Å². The smallest absolute Gasteiger partial charge is 0.339 e. The van der Waals surface area contributed by atoms with E-state index in [1.165, 1.54) is 24.3 Å². The molecule has 1 amide bonds. The predicted octanol–water partition coefficient (Wildman–Crippen LogP) is 5.43. The van der Waals surface area contributed by atoms with Gasteiger partial charge in [0.2, 0.25) is 11.6 Å². The number of hydrogen-bond acceptors (Lipinski definition) is 3. The van der Waals surface area contributed by atoms with E-state index in [0.29, 0.717) is 51.1 Å². The van der Waals surface area contributed by atoms with Crippen molar-refractivity contribution in [3.8, 4) is 0 Å². The second-order valence-corrected chi connectivity index (χ2v) is 13.4.